The first-order valence-electron chi connectivity index (χ1n) is 8.48. The van der Waals surface area contributed by atoms with Crippen molar-refractivity contribution in [2.75, 3.05) is 0 Å². The van der Waals surface area contributed by atoms with Gasteiger partial charge in [0, 0.05) is 12.1 Å². The number of nitrogens with two attached hydrogens (primary N) is 1. The van der Waals surface area contributed by atoms with Gasteiger partial charge < -0.3 is 10.5 Å². The van der Waals surface area contributed by atoms with E-state index in [1.54, 1.807) is 16.8 Å². The Morgan fingerprint density at radius 2 is 2.00 bits per heavy atom. The number of nitro benzene ring substituents is 1. The van der Waals surface area contributed by atoms with Crippen molar-refractivity contribution in [3.63, 3.8) is 0 Å². The average Bonchev–Trinajstić information content (AvgIpc) is 3.03. The Bertz CT molecular complexity index is 1160. The molecule has 0 saturated heterocycles. The molecule has 0 bridgehead atoms. The summed E-state index contributed by atoms with van der Waals surface area (Å²) in [5.41, 5.74) is 8.85. The summed E-state index contributed by atoms with van der Waals surface area (Å²) < 4.78 is 7.39. The van der Waals surface area contributed by atoms with E-state index in [0.717, 1.165) is 5.69 Å². The number of benzene rings is 2. The summed E-state index contributed by atoms with van der Waals surface area (Å²) in [5, 5.41) is 25.5. The van der Waals surface area contributed by atoms with Crippen molar-refractivity contribution < 1.29 is 9.66 Å². The van der Waals surface area contributed by atoms with Gasteiger partial charge in [-0.05, 0) is 24.6 Å². The Labute approximate surface area is 160 Å². The summed E-state index contributed by atoms with van der Waals surface area (Å²) in [6.45, 7) is 1.81. The van der Waals surface area contributed by atoms with Crippen LogP contribution < -0.4 is 10.5 Å². The van der Waals surface area contributed by atoms with Crippen LogP contribution in [0.2, 0.25) is 0 Å². The van der Waals surface area contributed by atoms with E-state index < -0.39 is 10.8 Å². The molecule has 4 rings (SSSR count). The van der Waals surface area contributed by atoms with E-state index in [-0.39, 0.29) is 17.1 Å². The minimum Gasteiger partial charge on any atom is -0.422 e. The van der Waals surface area contributed by atoms with E-state index in [1.807, 2.05) is 37.3 Å². The van der Waals surface area contributed by atoms with Crippen LogP contribution in [0, 0.1) is 28.4 Å². The van der Waals surface area contributed by atoms with Gasteiger partial charge in [-0.3, -0.25) is 10.1 Å². The van der Waals surface area contributed by atoms with E-state index >= 15 is 0 Å². The summed E-state index contributed by atoms with van der Waals surface area (Å²) in [6.07, 6.45) is 0. The molecule has 1 atom stereocenters. The average molecular weight is 373 g/mol. The van der Waals surface area contributed by atoms with E-state index in [0.29, 0.717) is 22.7 Å². The van der Waals surface area contributed by atoms with Crippen LogP contribution in [0.5, 0.6) is 5.88 Å². The highest BCUT2D eigenvalue weighted by atomic mass is 16.6. The zero-order valence-electron chi connectivity index (χ0n) is 14.9. The molecule has 2 aromatic carbocycles. The molecule has 28 heavy (non-hydrogen) atoms. The zero-order valence-corrected chi connectivity index (χ0v) is 14.9. The van der Waals surface area contributed by atoms with Gasteiger partial charge in [0.1, 0.15) is 11.6 Å². The van der Waals surface area contributed by atoms with Crippen LogP contribution in [-0.2, 0) is 0 Å². The highest BCUT2D eigenvalue weighted by Gasteiger charge is 2.36. The zero-order chi connectivity index (χ0) is 19.8. The number of nitriles is 1. The number of allylic oxidation sites excluding steroid dienone is 1. The van der Waals surface area contributed by atoms with Gasteiger partial charge >= 0.3 is 0 Å². The number of para-hydroxylation sites is 1. The molecule has 0 spiro atoms. The Hall–Kier alpha value is -4.12. The molecule has 1 unspecified atom stereocenters. The summed E-state index contributed by atoms with van der Waals surface area (Å²) in [7, 11) is 0. The van der Waals surface area contributed by atoms with Gasteiger partial charge in [-0.1, -0.05) is 30.3 Å². The number of nitrogens with zero attached hydrogens (tertiary/aromatic N) is 4. The molecular formula is C20H15N5O3. The van der Waals surface area contributed by atoms with E-state index in [1.165, 1.54) is 12.1 Å². The monoisotopic (exact) mass is 373 g/mol. The second-order valence-corrected chi connectivity index (χ2v) is 6.33. The smallest absolute Gasteiger partial charge is 0.269 e. The van der Waals surface area contributed by atoms with Crippen LogP contribution in [-0.4, -0.2) is 14.7 Å². The number of rotatable bonds is 3. The van der Waals surface area contributed by atoms with Gasteiger partial charge in [-0.2, -0.15) is 10.4 Å². The summed E-state index contributed by atoms with van der Waals surface area (Å²) >= 11 is 0. The molecule has 0 aliphatic carbocycles. The molecule has 0 amide bonds. The number of hydrogen-bond acceptors (Lipinski definition) is 6. The van der Waals surface area contributed by atoms with E-state index in [2.05, 4.69) is 11.2 Å². The molecule has 8 heteroatoms. The standard InChI is InChI=1S/C20H15N5O3/c1-12-17-18(13-6-5-9-15(10-13)25(26)27)16(11-21)19(22)28-20(17)24(23-12)14-7-3-2-4-8-14/h2-10,18H,22H2,1H3. The Morgan fingerprint density at radius 3 is 2.68 bits per heavy atom. The number of aryl methyl sites for hydroxylation is 1. The van der Waals surface area contributed by atoms with E-state index in [9.17, 15) is 15.4 Å². The maximum Gasteiger partial charge on any atom is 0.269 e. The fraction of sp³-hybridized carbons (Fsp3) is 0.100. The summed E-state index contributed by atoms with van der Waals surface area (Å²) in [5.74, 6) is -0.244. The lowest BCUT2D eigenvalue weighted by atomic mass is 9.84. The maximum absolute atomic E-state index is 11.2. The highest BCUT2D eigenvalue weighted by molar-refractivity contribution is 5.58. The summed E-state index contributed by atoms with van der Waals surface area (Å²) in [4.78, 5) is 10.7. The third-order valence-electron chi connectivity index (χ3n) is 4.65. The largest absolute Gasteiger partial charge is 0.422 e. The number of ether oxygens (including phenoxy) is 1. The molecular weight excluding hydrogens is 358 g/mol. The SMILES string of the molecule is Cc1nn(-c2ccccc2)c2c1C(c1cccc([N+](=O)[O-])c1)C(C#N)=C(N)O2. The van der Waals surface area contributed by atoms with Gasteiger partial charge in [-0.25, -0.2) is 4.68 Å². The van der Waals surface area contributed by atoms with E-state index in [4.69, 9.17) is 10.5 Å². The Morgan fingerprint density at radius 1 is 1.25 bits per heavy atom. The van der Waals surface area contributed by atoms with Crippen molar-refractivity contribution in [1.29, 1.82) is 5.26 Å². The van der Waals surface area contributed by atoms with Crippen molar-refractivity contribution in [3.05, 3.63) is 93.0 Å². The first-order valence-corrected chi connectivity index (χ1v) is 8.48. The van der Waals surface area contributed by atoms with Crippen molar-refractivity contribution in [1.82, 2.24) is 9.78 Å². The fourth-order valence-corrected chi connectivity index (χ4v) is 3.41. The molecule has 8 nitrogen and oxygen atoms in total. The molecule has 0 radical (unpaired) electrons. The van der Waals surface area contributed by atoms with Crippen molar-refractivity contribution in [2.24, 2.45) is 5.73 Å². The molecule has 0 fully saturated rings. The second kappa shape index (κ2) is 6.55. The minimum absolute atomic E-state index is 0.0383. The summed E-state index contributed by atoms with van der Waals surface area (Å²) in [6, 6.07) is 17.7. The molecule has 0 saturated carbocycles. The third-order valence-corrected chi connectivity index (χ3v) is 4.65. The van der Waals surface area contributed by atoms with Crippen molar-refractivity contribution in [2.45, 2.75) is 12.8 Å². The van der Waals surface area contributed by atoms with Crippen LogP contribution in [0.15, 0.2) is 66.1 Å². The van der Waals surface area contributed by atoms with Gasteiger partial charge in [0.25, 0.3) is 5.69 Å². The second-order valence-electron chi connectivity index (χ2n) is 6.33. The van der Waals surface area contributed by atoms with Gasteiger partial charge in [0.2, 0.25) is 11.8 Å². The Kier molecular flexibility index (Phi) is 4.05. The molecule has 2 N–H and O–H groups in total. The first kappa shape index (κ1) is 17.3. The lowest BCUT2D eigenvalue weighted by Crippen LogP contribution is -2.22. The third kappa shape index (κ3) is 2.66. The lowest BCUT2D eigenvalue weighted by Gasteiger charge is -2.24. The predicted molar refractivity (Wildman–Crippen MR) is 101 cm³/mol. The molecule has 1 aromatic heterocycles. The predicted octanol–water partition coefficient (Wildman–Crippen LogP) is 3.31. The van der Waals surface area contributed by atoms with Gasteiger partial charge in [-0.15, -0.1) is 0 Å². The van der Waals surface area contributed by atoms with Gasteiger partial charge in [0.15, 0.2) is 0 Å². The first-order chi connectivity index (χ1) is 13.5. The van der Waals surface area contributed by atoms with Crippen molar-refractivity contribution >= 4 is 5.69 Å². The highest BCUT2D eigenvalue weighted by Crippen LogP contribution is 2.45. The number of aromatic nitrogens is 2. The maximum atomic E-state index is 11.2. The number of non-ortho nitro benzene ring substituents is 1. The van der Waals surface area contributed by atoms with Crippen molar-refractivity contribution in [3.8, 4) is 17.6 Å². The van der Waals surface area contributed by atoms with Crippen LogP contribution in [0.3, 0.4) is 0 Å². The van der Waals surface area contributed by atoms with Gasteiger partial charge in [0.05, 0.1) is 27.8 Å². The Balaban J connectivity index is 1.96. The molecule has 1 aliphatic rings. The normalized spacial score (nSPS) is 15.5. The molecule has 3 aromatic rings. The minimum atomic E-state index is -0.605. The topological polar surface area (TPSA) is 120 Å². The molecule has 2 heterocycles. The molecule has 1 aliphatic heterocycles. The van der Waals surface area contributed by atoms with Crippen LogP contribution in [0.1, 0.15) is 22.7 Å². The number of hydrogen-bond donors (Lipinski definition) is 1. The van der Waals surface area contributed by atoms with Crippen LogP contribution >= 0.6 is 0 Å². The molecule has 138 valence electrons. The number of nitro groups is 1. The fourth-order valence-electron chi connectivity index (χ4n) is 3.41. The van der Waals surface area contributed by atoms with Crippen LogP contribution in [0.25, 0.3) is 5.69 Å². The quantitative estimate of drug-likeness (QED) is 0.555. The number of fused-ring (bicyclic) bond motifs is 1. The van der Waals surface area contributed by atoms with Crippen LogP contribution in [0.4, 0.5) is 5.69 Å². The lowest BCUT2D eigenvalue weighted by molar-refractivity contribution is -0.384.